The second kappa shape index (κ2) is 15.1. The van der Waals surface area contributed by atoms with Crippen LogP contribution in [0.15, 0.2) is 0 Å². The van der Waals surface area contributed by atoms with Crippen LogP contribution in [0.4, 0.5) is 0 Å². The summed E-state index contributed by atoms with van der Waals surface area (Å²) in [6, 6.07) is -1.07. The Balaban J connectivity index is 0. The molecule has 23 heavy (non-hydrogen) atoms. The van der Waals surface area contributed by atoms with E-state index in [1.807, 2.05) is 0 Å². The third kappa shape index (κ3) is 12.6. The standard InChI is InChI=1S/C14H28N3O4P.Ta/c1-2-3-4-5-6-7-12(19)17-10(8-11(15)18)13(20)14(21)16-9-22;/h10,13,20H,2-9,22H2,1H3,(H4,15,16,17,18,19,21);/p-1. The Hall–Kier alpha value is -0.460. The Morgan fingerprint density at radius 1 is 1.17 bits per heavy atom. The molecular weight excluding hydrogens is 486 g/mol. The zero-order chi connectivity index (χ0) is 17.0. The first-order valence-electron chi connectivity index (χ1n) is 7.62. The van der Waals surface area contributed by atoms with E-state index in [2.05, 4.69) is 26.8 Å². The van der Waals surface area contributed by atoms with E-state index in [9.17, 15) is 19.5 Å². The van der Waals surface area contributed by atoms with Gasteiger partial charge in [-0.15, -0.1) is 9.24 Å². The van der Waals surface area contributed by atoms with Crippen molar-refractivity contribution in [2.75, 3.05) is 6.29 Å². The summed E-state index contributed by atoms with van der Waals surface area (Å²) in [6.07, 6.45) is 3.58. The fraction of sp³-hybridized carbons (Fsp3) is 0.786. The minimum Gasteiger partial charge on any atom is -0.668 e. The minimum absolute atomic E-state index is 0. The molecule has 0 rings (SSSR count). The molecule has 0 saturated heterocycles. The first-order chi connectivity index (χ1) is 10.4. The smallest absolute Gasteiger partial charge is 0.251 e. The van der Waals surface area contributed by atoms with Gasteiger partial charge < -0.3 is 26.3 Å². The number of rotatable bonds is 12. The Kier molecular flexibility index (Phi) is 16.3. The van der Waals surface area contributed by atoms with Crippen LogP contribution in [-0.4, -0.2) is 41.3 Å². The Morgan fingerprint density at radius 2 is 1.78 bits per heavy atom. The van der Waals surface area contributed by atoms with E-state index < -0.39 is 30.4 Å². The number of hydrogen-bond acceptors (Lipinski definition) is 4. The van der Waals surface area contributed by atoms with Gasteiger partial charge in [-0.1, -0.05) is 32.6 Å². The second-order valence-corrected chi connectivity index (χ2v) is 5.56. The van der Waals surface area contributed by atoms with Crippen LogP contribution < -0.4 is 10.6 Å². The maximum atomic E-state index is 11.8. The molecular formula is C14H27N3O4PTa-. The quantitative estimate of drug-likeness (QED) is 0.268. The largest absolute Gasteiger partial charge is 0.668 e. The fourth-order valence-electron chi connectivity index (χ4n) is 2.00. The molecule has 0 spiro atoms. The number of nitrogens with one attached hydrogen (secondary N) is 3. The molecule has 0 aliphatic carbocycles. The molecule has 1 radical (unpaired) electrons. The van der Waals surface area contributed by atoms with Gasteiger partial charge in [-0.2, -0.15) is 0 Å². The van der Waals surface area contributed by atoms with Gasteiger partial charge in [0.2, 0.25) is 5.91 Å². The normalized spacial score (nSPS) is 12.7. The predicted octanol–water partition coefficient (Wildman–Crippen LogP) is 1.11. The average molecular weight is 513 g/mol. The van der Waals surface area contributed by atoms with Crippen LogP contribution >= 0.6 is 9.24 Å². The summed E-state index contributed by atoms with van der Waals surface area (Å²) in [4.78, 5) is 34.3. The maximum absolute atomic E-state index is 11.8. The Morgan fingerprint density at radius 3 is 2.30 bits per heavy atom. The molecule has 0 aromatic rings. The molecule has 9 heteroatoms. The molecule has 0 aromatic heterocycles. The topological polar surface area (TPSA) is 119 Å². The first-order valence-corrected chi connectivity index (χ1v) is 8.43. The van der Waals surface area contributed by atoms with Gasteiger partial charge in [-0.3, -0.25) is 9.59 Å². The predicted molar refractivity (Wildman–Crippen MR) is 88.0 cm³/mol. The Labute approximate surface area is 155 Å². The van der Waals surface area contributed by atoms with Gasteiger partial charge in [-0.05, 0) is 6.42 Å². The molecule has 0 fully saturated rings. The van der Waals surface area contributed by atoms with Crippen LogP contribution in [0.3, 0.4) is 0 Å². The number of carbonyl (C=O) groups excluding carboxylic acids is 3. The van der Waals surface area contributed by atoms with Crippen molar-refractivity contribution >= 4 is 27.0 Å². The molecule has 0 aromatic carbocycles. The van der Waals surface area contributed by atoms with E-state index >= 15 is 0 Å². The van der Waals surface area contributed by atoms with Crippen molar-refractivity contribution in [1.29, 1.82) is 0 Å². The van der Waals surface area contributed by atoms with Crippen molar-refractivity contribution in [2.24, 2.45) is 0 Å². The molecule has 7 nitrogen and oxygen atoms in total. The van der Waals surface area contributed by atoms with Gasteiger partial charge >= 0.3 is 0 Å². The van der Waals surface area contributed by atoms with Gasteiger partial charge in [0, 0.05) is 41.5 Å². The van der Waals surface area contributed by atoms with Gasteiger partial charge in [-0.25, -0.2) is 0 Å². The van der Waals surface area contributed by atoms with Crippen LogP contribution in [0.1, 0.15) is 51.9 Å². The summed E-state index contributed by atoms with van der Waals surface area (Å²) in [6.45, 7) is 2.11. The van der Waals surface area contributed by atoms with Crippen LogP contribution in [0.5, 0.6) is 0 Å². The van der Waals surface area contributed by atoms with E-state index in [-0.39, 0.29) is 41.0 Å². The van der Waals surface area contributed by atoms with Crippen molar-refractivity contribution in [1.82, 2.24) is 10.6 Å². The summed E-state index contributed by atoms with van der Waals surface area (Å²) >= 11 is 0. The summed E-state index contributed by atoms with van der Waals surface area (Å²) in [5.41, 5.74) is 6.97. The molecule has 3 amide bonds. The third-order valence-electron chi connectivity index (χ3n) is 3.19. The van der Waals surface area contributed by atoms with Crippen molar-refractivity contribution in [3.63, 3.8) is 0 Å². The van der Waals surface area contributed by atoms with Crippen LogP contribution in [0.25, 0.3) is 5.73 Å². The summed E-state index contributed by atoms with van der Waals surface area (Å²) in [5.74, 6) is -1.93. The zero-order valence-corrected chi connectivity index (χ0v) is 17.9. The van der Waals surface area contributed by atoms with Gasteiger partial charge in [0.25, 0.3) is 5.91 Å². The van der Waals surface area contributed by atoms with E-state index in [1.54, 1.807) is 0 Å². The monoisotopic (exact) mass is 513 g/mol. The molecule has 4 N–H and O–H groups in total. The minimum atomic E-state index is -1.54. The van der Waals surface area contributed by atoms with Crippen molar-refractivity contribution in [3.05, 3.63) is 5.73 Å². The molecule has 3 unspecified atom stereocenters. The van der Waals surface area contributed by atoms with Crippen LogP contribution in [0, 0.1) is 0 Å². The molecule has 0 bridgehead atoms. The summed E-state index contributed by atoms with van der Waals surface area (Å²) in [7, 11) is 2.27. The van der Waals surface area contributed by atoms with Gasteiger partial charge in [0.1, 0.15) is 0 Å². The molecule has 0 aliphatic rings. The van der Waals surface area contributed by atoms with E-state index in [4.69, 9.17) is 5.73 Å². The molecule has 3 atom stereocenters. The van der Waals surface area contributed by atoms with Gasteiger partial charge in [0.15, 0.2) is 6.10 Å². The number of amides is 3. The van der Waals surface area contributed by atoms with Crippen LogP contribution in [-0.2, 0) is 36.8 Å². The Bertz CT molecular complexity index is 372. The van der Waals surface area contributed by atoms with Crippen LogP contribution in [0.2, 0.25) is 0 Å². The number of carbonyl (C=O) groups is 3. The van der Waals surface area contributed by atoms with E-state index in [0.717, 1.165) is 32.1 Å². The molecule has 0 saturated carbocycles. The SMILES string of the molecule is CCCCCCCC(=O)NC(CC([NH-])=O)C(O)C(=O)NCP.[Ta]. The summed E-state index contributed by atoms with van der Waals surface area (Å²) < 4.78 is 0. The fourth-order valence-corrected chi connectivity index (χ4v) is 2.20. The molecule has 0 heterocycles. The van der Waals surface area contributed by atoms with E-state index in [0.29, 0.717) is 0 Å². The number of hydrogen-bond donors (Lipinski definition) is 3. The van der Waals surface area contributed by atoms with Crippen molar-refractivity contribution in [2.45, 2.75) is 64.0 Å². The van der Waals surface area contributed by atoms with Crippen molar-refractivity contribution in [3.8, 4) is 0 Å². The first kappa shape index (κ1) is 24.8. The summed E-state index contributed by atoms with van der Waals surface area (Å²) in [5, 5.41) is 14.7. The van der Waals surface area contributed by atoms with Crippen molar-refractivity contribution < 1.29 is 41.9 Å². The number of unbranched alkanes of at least 4 members (excludes halogenated alkanes) is 4. The number of aliphatic hydroxyl groups excluding tert-OH is 1. The average Bonchev–Trinajstić information content (AvgIpc) is 2.45. The zero-order valence-electron chi connectivity index (χ0n) is 13.5. The molecule has 0 aliphatic heterocycles. The number of aliphatic hydroxyl groups is 1. The second-order valence-electron chi connectivity index (χ2n) is 5.16. The van der Waals surface area contributed by atoms with Gasteiger partial charge in [0.05, 0.1) is 11.9 Å². The maximum Gasteiger partial charge on any atom is 0.251 e. The molecule has 133 valence electrons. The third-order valence-corrected chi connectivity index (χ3v) is 3.39. The van der Waals surface area contributed by atoms with E-state index in [1.165, 1.54) is 0 Å².